The maximum Gasteiger partial charge on any atom is 0.0991 e. The summed E-state index contributed by atoms with van der Waals surface area (Å²) in [7, 11) is 0. The normalized spacial score (nSPS) is 15.2. The van der Waals surface area contributed by atoms with Gasteiger partial charge in [-0.1, -0.05) is 133 Å². The van der Waals surface area contributed by atoms with Crippen LogP contribution in [0.15, 0.2) is 182 Å². The number of nitriles is 1. The van der Waals surface area contributed by atoms with Gasteiger partial charge >= 0.3 is 0 Å². The average Bonchev–Trinajstić information content (AvgIpc) is 3.56. The zero-order chi connectivity index (χ0) is 35.0. The molecule has 12 rings (SSSR count). The van der Waals surface area contributed by atoms with Gasteiger partial charge in [-0.3, -0.25) is 0 Å². The van der Waals surface area contributed by atoms with Crippen molar-refractivity contribution in [1.82, 2.24) is 4.57 Å². The second-order valence-corrected chi connectivity index (χ2v) is 14.3. The molecule has 0 unspecified atom stereocenters. The molecule has 0 saturated carbocycles. The highest BCUT2D eigenvalue weighted by Gasteiger charge is 2.43. The fourth-order valence-corrected chi connectivity index (χ4v) is 9.37. The molecular formula is C51H32N2. The lowest BCUT2D eigenvalue weighted by molar-refractivity contribution is 0.758. The van der Waals surface area contributed by atoms with Gasteiger partial charge in [-0.2, -0.15) is 5.26 Å². The van der Waals surface area contributed by atoms with Crippen LogP contribution in [0.4, 0.5) is 0 Å². The van der Waals surface area contributed by atoms with Gasteiger partial charge < -0.3 is 4.57 Å². The number of fused-ring (bicyclic) bond motifs is 3. The van der Waals surface area contributed by atoms with E-state index in [2.05, 4.69) is 180 Å². The van der Waals surface area contributed by atoms with Crippen molar-refractivity contribution in [3.63, 3.8) is 0 Å². The molecule has 0 aliphatic heterocycles. The van der Waals surface area contributed by atoms with Crippen LogP contribution in [0, 0.1) is 11.3 Å². The summed E-state index contributed by atoms with van der Waals surface area (Å²) in [5.74, 6) is 0.229. The third-order valence-electron chi connectivity index (χ3n) is 11.6. The Hall–Kier alpha value is -6.95. The van der Waals surface area contributed by atoms with E-state index in [-0.39, 0.29) is 11.8 Å². The van der Waals surface area contributed by atoms with Crippen LogP contribution in [-0.4, -0.2) is 4.57 Å². The highest BCUT2D eigenvalue weighted by Crippen LogP contribution is 2.60. The van der Waals surface area contributed by atoms with E-state index in [1.165, 1.54) is 83.0 Å². The van der Waals surface area contributed by atoms with E-state index in [1.807, 2.05) is 12.1 Å². The van der Waals surface area contributed by atoms with Crippen molar-refractivity contribution in [2.75, 3.05) is 0 Å². The van der Waals surface area contributed by atoms with Crippen LogP contribution in [0.2, 0.25) is 0 Å². The molecule has 1 heterocycles. The number of nitrogens with zero attached hydrogens (tertiary/aromatic N) is 2. The summed E-state index contributed by atoms with van der Waals surface area (Å²) < 4.78 is 2.40. The second kappa shape index (κ2) is 11.5. The van der Waals surface area contributed by atoms with Gasteiger partial charge in [-0.25, -0.2) is 0 Å². The van der Waals surface area contributed by atoms with E-state index in [0.29, 0.717) is 5.56 Å². The molecule has 0 amide bonds. The monoisotopic (exact) mass is 672 g/mol. The summed E-state index contributed by atoms with van der Waals surface area (Å²) in [5, 5.41) is 12.1. The van der Waals surface area contributed by atoms with E-state index in [1.54, 1.807) is 0 Å². The third kappa shape index (κ3) is 4.38. The molecule has 246 valence electrons. The van der Waals surface area contributed by atoms with Crippen LogP contribution in [0.5, 0.6) is 0 Å². The van der Waals surface area contributed by atoms with Crippen LogP contribution in [0.25, 0.3) is 60.9 Å². The summed E-state index contributed by atoms with van der Waals surface area (Å²) in [6.07, 6.45) is 0. The van der Waals surface area contributed by atoms with Gasteiger partial charge in [0.1, 0.15) is 0 Å². The Labute approximate surface area is 308 Å². The largest absolute Gasteiger partial charge is 0.309 e. The van der Waals surface area contributed by atoms with Crippen molar-refractivity contribution < 1.29 is 0 Å². The molecule has 0 atom stereocenters. The first-order chi connectivity index (χ1) is 26.3. The maximum atomic E-state index is 9.59. The molecule has 0 fully saturated rings. The van der Waals surface area contributed by atoms with Crippen molar-refractivity contribution in [2.24, 2.45) is 0 Å². The molecule has 3 aliphatic rings. The quantitative estimate of drug-likeness (QED) is 0.183. The Balaban J connectivity index is 1.20. The first-order valence-corrected chi connectivity index (χ1v) is 18.3. The van der Waals surface area contributed by atoms with E-state index < -0.39 is 0 Å². The Morgan fingerprint density at radius 3 is 1.40 bits per heavy atom. The lowest BCUT2D eigenvalue weighted by Gasteiger charge is -2.44. The van der Waals surface area contributed by atoms with E-state index >= 15 is 0 Å². The van der Waals surface area contributed by atoms with Gasteiger partial charge in [-0.15, -0.1) is 0 Å². The smallest absolute Gasteiger partial charge is 0.0991 e. The molecule has 3 aliphatic carbocycles. The van der Waals surface area contributed by atoms with Crippen LogP contribution in [-0.2, 0) is 0 Å². The summed E-state index contributed by atoms with van der Waals surface area (Å²) >= 11 is 0. The summed E-state index contributed by atoms with van der Waals surface area (Å²) in [5.41, 5.74) is 19.9. The Kier molecular flexibility index (Phi) is 6.48. The molecule has 8 aromatic carbocycles. The minimum absolute atomic E-state index is 0.113. The highest BCUT2D eigenvalue weighted by atomic mass is 15.0. The van der Waals surface area contributed by atoms with Crippen LogP contribution >= 0.6 is 0 Å². The third-order valence-corrected chi connectivity index (χ3v) is 11.6. The number of hydrogen-bond donors (Lipinski definition) is 0. The SMILES string of the molecule is N#Cc1ccc(-c2ccc(-c3ccc4c(c3)c3cc(-c5ccccc5)ccc3n4-c3ccccc3)c3c2C2c4ccccc4C3c3ccccc32)cc1. The van der Waals surface area contributed by atoms with Crippen LogP contribution < -0.4 is 0 Å². The van der Waals surface area contributed by atoms with Crippen molar-refractivity contribution in [2.45, 2.75) is 11.8 Å². The summed E-state index contributed by atoms with van der Waals surface area (Å²) in [6, 6.07) is 68.6. The summed E-state index contributed by atoms with van der Waals surface area (Å²) in [6.45, 7) is 0. The first-order valence-electron chi connectivity index (χ1n) is 18.3. The Bertz CT molecular complexity index is 2900. The van der Waals surface area contributed by atoms with Crippen molar-refractivity contribution in [3.05, 3.63) is 221 Å². The van der Waals surface area contributed by atoms with Crippen LogP contribution in [0.1, 0.15) is 50.8 Å². The maximum absolute atomic E-state index is 9.59. The first kappa shape index (κ1) is 29.7. The van der Waals surface area contributed by atoms with E-state index in [9.17, 15) is 5.26 Å². The number of rotatable bonds is 4. The molecule has 2 heteroatoms. The molecule has 0 saturated heterocycles. The Morgan fingerprint density at radius 1 is 0.396 bits per heavy atom. The van der Waals surface area contributed by atoms with Crippen molar-refractivity contribution >= 4 is 21.8 Å². The molecule has 53 heavy (non-hydrogen) atoms. The van der Waals surface area contributed by atoms with Gasteiger partial charge in [-0.05, 0) is 115 Å². The number of aromatic nitrogens is 1. The number of benzene rings is 8. The molecule has 1 aromatic heterocycles. The van der Waals surface area contributed by atoms with Crippen LogP contribution in [0.3, 0.4) is 0 Å². The number of hydrogen-bond acceptors (Lipinski definition) is 1. The van der Waals surface area contributed by atoms with Gasteiger partial charge in [0.15, 0.2) is 0 Å². The Morgan fingerprint density at radius 2 is 0.849 bits per heavy atom. The minimum Gasteiger partial charge on any atom is -0.309 e. The molecule has 0 radical (unpaired) electrons. The highest BCUT2D eigenvalue weighted by molar-refractivity contribution is 6.12. The summed E-state index contributed by atoms with van der Waals surface area (Å²) in [4.78, 5) is 0. The lowest BCUT2D eigenvalue weighted by atomic mass is 9.58. The molecule has 0 N–H and O–H groups in total. The topological polar surface area (TPSA) is 28.7 Å². The molecular weight excluding hydrogens is 641 g/mol. The lowest BCUT2D eigenvalue weighted by Crippen LogP contribution is -2.28. The zero-order valence-electron chi connectivity index (χ0n) is 28.9. The van der Waals surface area contributed by atoms with Gasteiger partial charge in [0, 0.05) is 28.3 Å². The van der Waals surface area contributed by atoms with E-state index in [4.69, 9.17) is 0 Å². The van der Waals surface area contributed by atoms with Gasteiger partial charge in [0.25, 0.3) is 0 Å². The standard InChI is InChI=1S/C51H32N2/c52-31-32-19-21-34(22-20-32)38-25-26-39(51-49-42-17-9-7-15-40(42)48(50(38)51)41-16-8-10-18-43(41)49)36-24-28-47-45(30-36)44-29-35(33-11-3-1-4-12-33)23-27-46(44)53(47)37-13-5-2-6-14-37/h1-30,48-49H. The van der Waals surface area contributed by atoms with Crippen molar-refractivity contribution in [1.29, 1.82) is 5.26 Å². The molecule has 0 spiro atoms. The predicted molar refractivity (Wildman–Crippen MR) is 217 cm³/mol. The fourth-order valence-electron chi connectivity index (χ4n) is 9.37. The fraction of sp³-hybridized carbons (Fsp3) is 0.0392. The zero-order valence-corrected chi connectivity index (χ0v) is 28.9. The predicted octanol–water partition coefficient (Wildman–Crippen LogP) is 12.6. The van der Waals surface area contributed by atoms with Gasteiger partial charge in [0.05, 0.1) is 22.7 Å². The molecule has 9 aromatic rings. The molecule has 2 bridgehead atoms. The average molecular weight is 673 g/mol. The second-order valence-electron chi connectivity index (χ2n) is 14.3. The van der Waals surface area contributed by atoms with E-state index in [0.717, 1.165) is 11.3 Å². The minimum atomic E-state index is 0.113. The van der Waals surface area contributed by atoms with Gasteiger partial charge in [0.2, 0.25) is 0 Å². The van der Waals surface area contributed by atoms with Crippen molar-refractivity contribution in [3.8, 4) is 45.1 Å². The molecule has 2 nitrogen and oxygen atoms in total. The number of para-hydroxylation sites is 1.